The first kappa shape index (κ1) is 26.8. The van der Waals surface area contributed by atoms with E-state index in [-0.39, 0.29) is 28.6 Å². The van der Waals surface area contributed by atoms with Crippen molar-refractivity contribution in [2.45, 2.75) is 109 Å². The van der Waals surface area contributed by atoms with E-state index in [9.17, 15) is 25.5 Å². The van der Waals surface area contributed by atoms with E-state index < -0.39 is 29.5 Å². The summed E-state index contributed by atoms with van der Waals surface area (Å²) in [6, 6.07) is 0. The highest BCUT2D eigenvalue weighted by Crippen LogP contribution is 2.65. The molecule has 7 heteroatoms. The maximum Gasteiger partial charge on any atom is 0.106 e. The third-order valence-electron chi connectivity index (χ3n) is 10.0. The average molecular weight is 492 g/mol. The minimum atomic E-state index is -1.30. The first-order valence-corrected chi connectivity index (χ1v) is 13.2. The van der Waals surface area contributed by atoms with Crippen LogP contribution >= 0.6 is 0 Å². The van der Waals surface area contributed by atoms with Gasteiger partial charge in [-0.3, -0.25) is 0 Å². The van der Waals surface area contributed by atoms with Gasteiger partial charge in [-0.15, -0.1) is 0 Å². The van der Waals surface area contributed by atoms with E-state index >= 15 is 0 Å². The summed E-state index contributed by atoms with van der Waals surface area (Å²) in [4.78, 5) is 5.20. The maximum atomic E-state index is 11.6. The van der Waals surface area contributed by atoms with E-state index in [2.05, 4.69) is 31.2 Å². The van der Waals surface area contributed by atoms with Gasteiger partial charge in [-0.05, 0) is 99.7 Å². The molecule has 0 radical (unpaired) electrons. The largest absolute Gasteiger partial charge is 0.399 e. The van der Waals surface area contributed by atoms with Gasteiger partial charge in [0.2, 0.25) is 0 Å². The van der Waals surface area contributed by atoms with Gasteiger partial charge >= 0.3 is 0 Å². The number of rotatable bonds is 6. The lowest BCUT2D eigenvalue weighted by atomic mass is 9.47. The van der Waals surface area contributed by atoms with Crippen LogP contribution in [0.5, 0.6) is 0 Å². The van der Waals surface area contributed by atoms with Gasteiger partial charge in [0, 0.05) is 11.8 Å². The fraction of sp³-hybridized carbons (Fsp3) is 0.821. The molecule has 0 spiro atoms. The second kappa shape index (κ2) is 8.95. The van der Waals surface area contributed by atoms with Crippen LogP contribution in [0, 0.1) is 28.6 Å². The van der Waals surface area contributed by atoms with Crippen molar-refractivity contribution >= 4 is 5.71 Å². The number of nitrogens with zero attached hydrogens (tertiary/aromatic N) is 1. The SMILES string of the molecule is CO/N=C1/C=C2C3=CC[C@H]([C@@](C)(O)C(O)CCC(C)(C)O)[C@@]3(C)CCC2[C@@]2(C)C[C@H](O)[C@H](O)C[C@@H]12. The average Bonchev–Trinajstić information content (AvgIpc) is 3.11. The number of hydrogen-bond donors (Lipinski definition) is 5. The predicted octanol–water partition coefficient (Wildman–Crippen LogP) is 3.09. The number of aliphatic hydroxyl groups excluding tert-OH is 3. The summed E-state index contributed by atoms with van der Waals surface area (Å²) in [5.74, 6) is 0.0629. The smallest absolute Gasteiger partial charge is 0.106 e. The van der Waals surface area contributed by atoms with Gasteiger partial charge in [0.05, 0.1) is 35.2 Å². The molecule has 0 heterocycles. The molecule has 35 heavy (non-hydrogen) atoms. The molecular formula is C28H45NO6. The van der Waals surface area contributed by atoms with Gasteiger partial charge in [0.25, 0.3) is 0 Å². The van der Waals surface area contributed by atoms with Gasteiger partial charge in [0.15, 0.2) is 0 Å². The molecular weight excluding hydrogens is 446 g/mol. The number of oxime groups is 1. The molecule has 4 aliphatic carbocycles. The third-order valence-corrected chi connectivity index (χ3v) is 10.0. The first-order valence-electron chi connectivity index (χ1n) is 13.2. The molecule has 0 saturated heterocycles. The molecule has 2 fully saturated rings. The van der Waals surface area contributed by atoms with Crippen molar-refractivity contribution in [2.24, 2.45) is 33.7 Å². The van der Waals surface area contributed by atoms with Crippen LogP contribution in [0.1, 0.15) is 79.6 Å². The van der Waals surface area contributed by atoms with Crippen molar-refractivity contribution in [3.63, 3.8) is 0 Å². The molecule has 7 nitrogen and oxygen atoms in total. The van der Waals surface area contributed by atoms with Crippen molar-refractivity contribution in [1.82, 2.24) is 0 Å². The molecule has 4 aliphatic rings. The Morgan fingerprint density at radius 2 is 1.83 bits per heavy atom. The van der Waals surface area contributed by atoms with E-state index in [1.807, 2.05) is 0 Å². The topological polar surface area (TPSA) is 123 Å². The standard InChI is InChI=1S/C28H45NO6/c1-25(2,33)11-10-24(32)28(5,34)23-8-7-17-16-13-20(29-35-6)19-14-21(30)22(31)15-27(19,4)18(16)9-12-26(17,23)3/h7,13,18-19,21-24,30-34H,8-12,14-15H2,1-6H3/b29-20-/t18?,19-,21+,22-,23-,24?,26-,27+,28+/m0/s1. The summed E-state index contributed by atoms with van der Waals surface area (Å²) >= 11 is 0. The van der Waals surface area contributed by atoms with Gasteiger partial charge in [0.1, 0.15) is 7.11 Å². The second-order valence-electron chi connectivity index (χ2n) is 12.9. The van der Waals surface area contributed by atoms with Crippen molar-refractivity contribution in [2.75, 3.05) is 7.11 Å². The molecule has 0 aromatic rings. The number of aliphatic hydroxyl groups is 5. The molecule has 0 amide bonds. The van der Waals surface area contributed by atoms with Crippen molar-refractivity contribution in [3.8, 4) is 0 Å². The van der Waals surface area contributed by atoms with Crippen LogP contribution in [-0.2, 0) is 4.84 Å². The van der Waals surface area contributed by atoms with E-state index in [0.29, 0.717) is 32.1 Å². The molecule has 0 bridgehead atoms. The Morgan fingerprint density at radius 3 is 2.46 bits per heavy atom. The lowest BCUT2D eigenvalue weighted by molar-refractivity contribution is -0.134. The fourth-order valence-corrected chi connectivity index (χ4v) is 7.92. The van der Waals surface area contributed by atoms with Gasteiger partial charge < -0.3 is 30.4 Å². The zero-order chi connectivity index (χ0) is 26.0. The highest BCUT2D eigenvalue weighted by molar-refractivity contribution is 5.99. The second-order valence-corrected chi connectivity index (χ2v) is 12.9. The van der Waals surface area contributed by atoms with Crippen LogP contribution in [0.2, 0.25) is 0 Å². The van der Waals surface area contributed by atoms with Crippen LogP contribution in [0.15, 0.2) is 28.5 Å². The predicted molar refractivity (Wildman–Crippen MR) is 135 cm³/mol. The number of allylic oxidation sites excluding steroid dienone is 4. The Hall–Kier alpha value is -1.25. The highest BCUT2D eigenvalue weighted by Gasteiger charge is 2.60. The zero-order valence-corrected chi connectivity index (χ0v) is 22.2. The molecule has 2 unspecified atom stereocenters. The van der Waals surface area contributed by atoms with Crippen molar-refractivity contribution in [3.05, 3.63) is 23.3 Å². The van der Waals surface area contributed by atoms with E-state index in [1.54, 1.807) is 20.8 Å². The third kappa shape index (κ3) is 4.42. The molecule has 4 rings (SSSR count). The molecule has 0 aromatic heterocycles. The minimum absolute atomic E-state index is 0.00326. The first-order chi connectivity index (χ1) is 16.1. The van der Waals surface area contributed by atoms with Crippen LogP contribution < -0.4 is 0 Å². The quantitative estimate of drug-likeness (QED) is 0.364. The van der Waals surface area contributed by atoms with Crippen molar-refractivity contribution in [1.29, 1.82) is 0 Å². The molecule has 9 atom stereocenters. The zero-order valence-electron chi connectivity index (χ0n) is 22.2. The normalized spacial score (nSPS) is 42.8. The van der Waals surface area contributed by atoms with E-state index in [1.165, 1.54) is 18.3 Å². The van der Waals surface area contributed by atoms with Crippen LogP contribution in [0.4, 0.5) is 0 Å². The van der Waals surface area contributed by atoms with Crippen LogP contribution in [0.25, 0.3) is 0 Å². The number of fused-ring (bicyclic) bond motifs is 5. The molecule has 0 aliphatic heterocycles. The van der Waals surface area contributed by atoms with Gasteiger partial charge in [-0.25, -0.2) is 0 Å². The highest BCUT2D eigenvalue weighted by atomic mass is 16.6. The Labute approximate surface area is 209 Å². The lowest BCUT2D eigenvalue weighted by Crippen LogP contribution is -2.56. The summed E-state index contributed by atoms with van der Waals surface area (Å²) in [6.45, 7) is 9.59. The van der Waals surface area contributed by atoms with Crippen LogP contribution in [0.3, 0.4) is 0 Å². The Morgan fingerprint density at radius 1 is 1.14 bits per heavy atom. The van der Waals surface area contributed by atoms with Crippen molar-refractivity contribution < 1.29 is 30.4 Å². The van der Waals surface area contributed by atoms with Crippen LogP contribution in [-0.4, -0.2) is 67.9 Å². The van der Waals surface area contributed by atoms with Gasteiger partial charge in [-0.2, -0.15) is 0 Å². The number of hydrogen-bond acceptors (Lipinski definition) is 7. The Kier molecular flexibility index (Phi) is 6.85. The maximum absolute atomic E-state index is 11.6. The summed E-state index contributed by atoms with van der Waals surface area (Å²) < 4.78 is 0. The van der Waals surface area contributed by atoms with Gasteiger partial charge in [-0.1, -0.05) is 25.1 Å². The molecule has 2 saturated carbocycles. The Bertz CT molecular complexity index is 917. The van der Waals surface area contributed by atoms with E-state index in [0.717, 1.165) is 18.6 Å². The fourth-order valence-electron chi connectivity index (χ4n) is 7.92. The summed E-state index contributed by atoms with van der Waals surface area (Å²) in [5.41, 5.74) is 0.440. The summed E-state index contributed by atoms with van der Waals surface area (Å²) in [5, 5.41) is 58.2. The monoisotopic (exact) mass is 491 g/mol. The Balaban J connectivity index is 1.67. The van der Waals surface area contributed by atoms with E-state index in [4.69, 9.17) is 4.84 Å². The summed E-state index contributed by atoms with van der Waals surface area (Å²) in [7, 11) is 1.53. The molecule has 198 valence electrons. The molecule has 0 aromatic carbocycles. The summed E-state index contributed by atoms with van der Waals surface area (Å²) in [6.07, 6.45) is 6.02. The lowest BCUT2D eigenvalue weighted by Gasteiger charge is -2.57. The molecule has 5 N–H and O–H groups in total. The minimum Gasteiger partial charge on any atom is -0.399 e.